The number of amides is 2. The highest BCUT2D eigenvalue weighted by Gasteiger charge is 2.23. The number of sulfone groups is 2. The fraction of sp³-hybridized carbons (Fsp3) is 0.907. The van der Waals surface area contributed by atoms with Crippen LogP contribution >= 0.6 is 0 Å². The van der Waals surface area contributed by atoms with Crippen molar-refractivity contribution in [3.05, 3.63) is 0 Å². The lowest BCUT2D eigenvalue weighted by atomic mass is 9.89. The number of primary sulfonamides is 1. The van der Waals surface area contributed by atoms with Crippen LogP contribution in [0.15, 0.2) is 25.8 Å². The third-order valence-corrected chi connectivity index (χ3v) is 17.5. The Morgan fingerprint density at radius 3 is 1.23 bits per heavy atom. The van der Waals surface area contributed by atoms with Gasteiger partial charge in [-0.25, -0.2) is 40.0 Å². The van der Waals surface area contributed by atoms with Gasteiger partial charge in [0.25, 0.3) is 0 Å². The van der Waals surface area contributed by atoms with Gasteiger partial charge in [-0.1, -0.05) is 196 Å². The van der Waals surface area contributed by atoms with Crippen molar-refractivity contribution in [1.29, 1.82) is 0 Å². The molecule has 23 nitrogen and oxygen atoms in total. The van der Waals surface area contributed by atoms with Crippen LogP contribution in [0, 0.1) is 43.3 Å². The average molecular weight is 1500 g/mol. The fourth-order valence-electron chi connectivity index (χ4n) is 8.77. The van der Waals surface area contributed by atoms with E-state index in [1.54, 1.807) is 0 Å². The van der Waals surface area contributed by atoms with Gasteiger partial charge in [-0.3, -0.25) is 14.5 Å². The smallest absolute Gasteiger partial charge is 0.340 e. The standard InChI is InChI=1S/C16H34N2O3.C10H17NO2.C9H17N3.C9H15NO2.C9H20O2S.C8H17NO.C8H18O2S.C6H15NO2S/c1-16(2,3)9-7-6-8-14(18(4)5)15(20)17-10-12-21-13-11-19;1-10(2,3)6-4-5-8-7-9(12)13-11-8;1-9(2,3)6-4-5-8-7-10-12-11-8;1-9(2,3)5-4-7-6-8(11)12-10-7;1-9(2,3)7-5-6-8-12(4,10)11;1-8(2,3)6-4-5-7(9)10;1-8(2,3)6-5-7-11(4,9)10;1-6(2,3)4-5-10(7,8)9/h14,19H,6-13H2,1-5H3,(H,17,20);4-7H2,1-3H3;4-7H2,1-3H3;4-6H2,1-3H3;5-8H2,1-4H3;4-6H2,1-3H3,(H2,9,10);5-7H2,1-4H3;4-5H2,1-3H3,(H2,7,8,9). The number of rotatable bonds is 31. The summed E-state index contributed by atoms with van der Waals surface area (Å²) in [5.41, 5.74) is 10.3. The number of likely N-dealkylation sites (N-methyl/N-ethyl adjacent to an activating group) is 1. The van der Waals surface area contributed by atoms with E-state index in [1.807, 2.05) is 39.8 Å². The molecule has 26 heteroatoms. The van der Waals surface area contributed by atoms with E-state index in [2.05, 4.69) is 186 Å². The highest BCUT2D eigenvalue weighted by atomic mass is 32.2. The van der Waals surface area contributed by atoms with Gasteiger partial charge in [0.2, 0.25) is 21.8 Å². The number of aliphatic hydroxyl groups excluding tert-OH is 1. The number of unbranched alkanes of at least 4 members (excludes halogenated alkanes) is 2. The minimum absolute atomic E-state index is 0.0159. The number of primary amides is 1. The van der Waals surface area contributed by atoms with Crippen LogP contribution in [0.2, 0.25) is 0 Å². The second-order valence-electron chi connectivity index (χ2n) is 37.0. The largest absolute Gasteiger partial charge is 0.394 e. The van der Waals surface area contributed by atoms with Crippen LogP contribution in [-0.4, -0.2) is 159 Å². The number of nitrogens with two attached hydrogens (primary N) is 2. The van der Waals surface area contributed by atoms with Crippen LogP contribution in [0.1, 0.15) is 314 Å². The molecule has 1 unspecified atom stereocenters. The molecule has 0 radical (unpaired) electrons. The molecule has 2 amide bonds. The number of hydrogen-bond donors (Lipinski definition) is 4. The Kier molecular flexibility index (Phi) is 54.7. The van der Waals surface area contributed by atoms with Gasteiger partial charge < -0.3 is 30.6 Å². The van der Waals surface area contributed by atoms with Gasteiger partial charge in [-0.15, -0.1) is 5.10 Å². The summed E-state index contributed by atoms with van der Waals surface area (Å²) in [6.07, 6.45) is 24.0. The summed E-state index contributed by atoms with van der Waals surface area (Å²) in [6.45, 7) is 54.0. The van der Waals surface area contributed by atoms with Gasteiger partial charge >= 0.3 is 11.9 Å². The third-order valence-electron chi connectivity index (χ3n) is 14.7. The lowest BCUT2D eigenvalue weighted by molar-refractivity contribution is -0.140. The Morgan fingerprint density at radius 1 is 0.515 bits per heavy atom. The topological polar surface area (TPSA) is 348 Å². The molecule has 0 fully saturated rings. The first-order chi connectivity index (χ1) is 45.3. The quantitative estimate of drug-likeness (QED) is 0.0370. The Labute approximate surface area is 618 Å². The predicted octanol–water partition coefficient (Wildman–Crippen LogP) is 15.8. The molecule has 0 aromatic rings. The lowest BCUT2D eigenvalue weighted by Crippen LogP contribution is -2.44. The van der Waals surface area contributed by atoms with Crippen molar-refractivity contribution in [1.82, 2.24) is 10.2 Å². The van der Waals surface area contributed by atoms with E-state index in [0.29, 0.717) is 89.4 Å². The monoisotopic (exact) mass is 1500 g/mol. The second kappa shape index (κ2) is 52.2. The highest BCUT2D eigenvalue weighted by molar-refractivity contribution is 7.91. The summed E-state index contributed by atoms with van der Waals surface area (Å²) in [7, 11) is -4.86. The van der Waals surface area contributed by atoms with E-state index in [0.717, 1.165) is 126 Å². The summed E-state index contributed by atoms with van der Waals surface area (Å²) in [5, 5.41) is 35.0. The van der Waals surface area contributed by atoms with Crippen molar-refractivity contribution in [2.75, 3.05) is 76.8 Å². The number of oxime groups is 2. The Bertz CT molecular complexity index is 2750. The molecule has 0 aromatic carbocycles. The molecule has 0 aromatic heterocycles. The molecule has 0 spiro atoms. The van der Waals surface area contributed by atoms with Crippen molar-refractivity contribution in [3.63, 3.8) is 0 Å². The van der Waals surface area contributed by atoms with E-state index >= 15 is 0 Å². The number of carbonyl (C=O) groups excluding carboxylic acids is 4. The maximum absolute atomic E-state index is 12.2. The summed E-state index contributed by atoms with van der Waals surface area (Å²) in [5.74, 6) is 0.168. The van der Waals surface area contributed by atoms with Gasteiger partial charge in [-0.05, 0) is 172 Å². The molecular weight excluding hydrogens is 1350 g/mol. The molecule has 3 aliphatic heterocycles. The zero-order chi connectivity index (χ0) is 80.0. The first kappa shape index (κ1) is 106. The molecule has 3 heterocycles. The minimum atomic E-state index is -3.26. The van der Waals surface area contributed by atoms with Crippen LogP contribution in [0.5, 0.6) is 0 Å². The number of hydrogen-bond acceptors (Lipinski definition) is 20. The highest BCUT2D eigenvalue weighted by Crippen LogP contribution is 2.27. The van der Waals surface area contributed by atoms with Gasteiger partial charge in [0.15, 0.2) is 0 Å². The normalized spacial score (nSPS) is 14.6. The predicted molar refractivity (Wildman–Crippen MR) is 421 cm³/mol. The maximum atomic E-state index is 12.2. The van der Waals surface area contributed by atoms with Crippen molar-refractivity contribution >= 4 is 70.6 Å². The number of nitrogens with one attached hydrogen (secondary N) is 1. The van der Waals surface area contributed by atoms with Crippen LogP contribution in [0.4, 0.5) is 0 Å². The molecular formula is C75H153N9O14S3. The number of ether oxygens (including phenoxy) is 1. The SMILES string of the molecule is CC(C)(C)CCC1=NOC(=O)C1.CC(C)(C)CCCC(N)=O.CC(C)(C)CCCC1=NN=NC1.CC(C)(C)CCCC1=NOC(=O)C1.CC(C)(C)CCCCS(C)(=O)=O.CC(C)(C)CCCS(C)(=O)=O.CC(C)(C)CCS(N)(=O)=O.CN(C)C(CCCCC(C)(C)C)C(=O)NCCOCCO. The molecule has 0 aliphatic carbocycles. The number of sulfonamides is 1. The first-order valence-corrected chi connectivity index (χ1v) is 42.4. The van der Waals surface area contributed by atoms with E-state index < -0.39 is 29.7 Å². The average Bonchev–Trinajstić information content (AvgIpc) is 1.92. The molecule has 101 heavy (non-hydrogen) atoms. The molecule has 0 saturated carbocycles. The number of aliphatic hydroxyl groups is 1. The van der Waals surface area contributed by atoms with Crippen LogP contribution in [-0.2, 0) is 63.3 Å². The Morgan fingerprint density at radius 2 is 0.891 bits per heavy atom. The lowest BCUT2D eigenvalue weighted by Gasteiger charge is -2.24. The summed E-state index contributed by atoms with van der Waals surface area (Å²) < 4.78 is 69.0. The summed E-state index contributed by atoms with van der Waals surface area (Å²) >= 11 is 0. The summed E-state index contributed by atoms with van der Waals surface area (Å²) in [4.78, 5) is 54.7. The second-order valence-corrected chi connectivity index (χ2v) is 43.2. The van der Waals surface area contributed by atoms with Gasteiger partial charge in [0.05, 0.1) is 61.6 Å². The van der Waals surface area contributed by atoms with Crippen molar-refractivity contribution < 1.29 is 64.0 Å². The first-order valence-electron chi connectivity index (χ1n) is 36.5. The summed E-state index contributed by atoms with van der Waals surface area (Å²) in [6, 6.07) is -0.0807. The molecule has 0 saturated heterocycles. The maximum Gasteiger partial charge on any atom is 0.340 e. The minimum Gasteiger partial charge on any atom is -0.394 e. The zero-order valence-corrected chi connectivity index (χ0v) is 71.8. The van der Waals surface area contributed by atoms with Gasteiger partial charge in [-0.2, -0.15) is 5.11 Å². The van der Waals surface area contributed by atoms with Gasteiger partial charge in [0.1, 0.15) is 26.2 Å². The molecule has 0 bridgehead atoms. The van der Waals surface area contributed by atoms with Crippen molar-refractivity contribution in [2.24, 2.45) is 79.9 Å². The molecule has 1 atom stereocenters. The molecule has 600 valence electrons. The van der Waals surface area contributed by atoms with Crippen molar-refractivity contribution in [3.8, 4) is 0 Å². The van der Waals surface area contributed by atoms with Crippen LogP contribution < -0.4 is 16.2 Å². The number of carbonyl (C=O) groups is 4. The van der Waals surface area contributed by atoms with Crippen LogP contribution in [0.3, 0.4) is 0 Å². The third kappa shape index (κ3) is 94.2. The molecule has 6 N–H and O–H groups in total. The van der Waals surface area contributed by atoms with Gasteiger partial charge in [0, 0.05) is 37.0 Å². The fourth-order valence-corrected chi connectivity index (χ4v) is 11.1. The van der Waals surface area contributed by atoms with E-state index in [-0.39, 0.29) is 53.0 Å². The van der Waals surface area contributed by atoms with Crippen LogP contribution in [0.25, 0.3) is 0 Å². The van der Waals surface area contributed by atoms with Crippen molar-refractivity contribution in [2.45, 2.75) is 320 Å². The Balaban J connectivity index is -0.000000352. The molecule has 3 aliphatic rings. The van der Waals surface area contributed by atoms with E-state index in [4.69, 9.17) is 20.7 Å². The number of nitrogens with zero attached hydrogens (tertiary/aromatic N) is 6. The van der Waals surface area contributed by atoms with E-state index in [9.17, 15) is 44.4 Å². The molecule has 3 rings (SSSR count). The Hall–Kier alpha value is -3.82. The zero-order valence-electron chi connectivity index (χ0n) is 69.3. The van der Waals surface area contributed by atoms with E-state index in [1.165, 1.54) is 31.8 Å².